The van der Waals surface area contributed by atoms with E-state index in [-0.39, 0.29) is 0 Å². The van der Waals surface area contributed by atoms with E-state index in [4.69, 9.17) is 23.2 Å². The zero-order chi connectivity index (χ0) is 12.3. The van der Waals surface area contributed by atoms with Crippen LogP contribution in [0.15, 0.2) is 42.5 Å². The number of rotatable bonds is 3. The van der Waals surface area contributed by atoms with Gasteiger partial charge in [-0.3, -0.25) is 0 Å². The summed E-state index contributed by atoms with van der Waals surface area (Å²) in [6.07, 6.45) is 0. The van der Waals surface area contributed by atoms with Gasteiger partial charge in [-0.2, -0.15) is 0 Å². The molecule has 0 aliphatic carbocycles. The topological polar surface area (TPSA) is 24.1 Å². The van der Waals surface area contributed by atoms with E-state index in [1.165, 1.54) is 0 Å². The van der Waals surface area contributed by atoms with Crippen LogP contribution in [0.2, 0.25) is 10.0 Å². The van der Waals surface area contributed by atoms with Crippen LogP contribution in [0, 0.1) is 0 Å². The molecule has 0 fully saturated rings. The average molecular weight is 267 g/mol. The molecule has 0 atom stereocenters. The Morgan fingerprint density at radius 3 is 2.41 bits per heavy atom. The van der Waals surface area contributed by atoms with Crippen LogP contribution in [-0.2, 0) is 0 Å². The van der Waals surface area contributed by atoms with Gasteiger partial charge in [-0.05, 0) is 36.4 Å². The molecular formula is C13H12Cl2N2. The second kappa shape index (κ2) is 5.30. The Kier molecular flexibility index (Phi) is 3.77. The lowest BCUT2D eigenvalue weighted by Gasteiger charge is -2.10. The molecule has 4 heteroatoms. The summed E-state index contributed by atoms with van der Waals surface area (Å²) < 4.78 is 0. The molecule has 0 aliphatic heterocycles. The molecule has 2 aromatic rings. The third-order valence-electron chi connectivity index (χ3n) is 2.36. The molecule has 0 saturated carbocycles. The second-order valence-corrected chi connectivity index (χ2v) is 4.42. The normalized spacial score (nSPS) is 10.1. The summed E-state index contributed by atoms with van der Waals surface area (Å²) in [7, 11) is 1.88. The molecule has 0 unspecified atom stereocenters. The minimum atomic E-state index is 0.604. The van der Waals surface area contributed by atoms with Crippen molar-refractivity contribution in [2.75, 3.05) is 17.7 Å². The first kappa shape index (κ1) is 12.1. The first-order valence-corrected chi connectivity index (χ1v) is 5.94. The Bertz CT molecular complexity index is 527. The van der Waals surface area contributed by atoms with Gasteiger partial charge in [-0.1, -0.05) is 29.3 Å². The predicted molar refractivity (Wildman–Crippen MR) is 75.7 cm³/mol. The van der Waals surface area contributed by atoms with Gasteiger partial charge < -0.3 is 10.6 Å². The molecule has 0 aromatic heterocycles. The van der Waals surface area contributed by atoms with Crippen molar-refractivity contribution in [1.29, 1.82) is 0 Å². The van der Waals surface area contributed by atoms with E-state index >= 15 is 0 Å². The van der Waals surface area contributed by atoms with Crippen molar-refractivity contribution in [2.24, 2.45) is 0 Å². The van der Waals surface area contributed by atoms with Gasteiger partial charge >= 0.3 is 0 Å². The minimum absolute atomic E-state index is 0.604. The number of nitrogens with one attached hydrogen (secondary N) is 2. The highest BCUT2D eigenvalue weighted by Crippen LogP contribution is 2.28. The van der Waals surface area contributed by atoms with Crippen molar-refractivity contribution in [3.05, 3.63) is 52.5 Å². The zero-order valence-corrected chi connectivity index (χ0v) is 10.8. The van der Waals surface area contributed by atoms with Crippen molar-refractivity contribution in [2.45, 2.75) is 0 Å². The number of anilines is 3. The zero-order valence-electron chi connectivity index (χ0n) is 9.30. The molecule has 0 radical (unpaired) electrons. The summed E-state index contributed by atoms with van der Waals surface area (Å²) in [5, 5.41) is 7.56. The van der Waals surface area contributed by atoms with Crippen LogP contribution in [-0.4, -0.2) is 7.05 Å². The Labute approximate surface area is 111 Å². The smallest absolute Gasteiger partial charge is 0.0655 e. The molecule has 2 N–H and O–H groups in total. The Hall–Kier alpha value is -1.38. The number of benzene rings is 2. The fourth-order valence-corrected chi connectivity index (χ4v) is 1.95. The molecular weight excluding hydrogens is 255 g/mol. The van der Waals surface area contributed by atoms with E-state index in [1.54, 1.807) is 12.1 Å². The van der Waals surface area contributed by atoms with Gasteiger partial charge in [0.2, 0.25) is 0 Å². The number of hydrogen-bond acceptors (Lipinski definition) is 2. The average Bonchev–Trinajstić information content (AvgIpc) is 2.33. The highest BCUT2D eigenvalue weighted by molar-refractivity contribution is 6.36. The Morgan fingerprint density at radius 2 is 1.71 bits per heavy atom. The van der Waals surface area contributed by atoms with Crippen molar-refractivity contribution in [3.63, 3.8) is 0 Å². The van der Waals surface area contributed by atoms with Crippen LogP contribution in [0.3, 0.4) is 0 Å². The molecule has 0 bridgehead atoms. The SMILES string of the molecule is CNc1cccc(Nc2ccc(Cl)cc2Cl)c1. The molecule has 0 heterocycles. The predicted octanol–water partition coefficient (Wildman–Crippen LogP) is 4.78. The van der Waals surface area contributed by atoms with Crippen molar-refractivity contribution < 1.29 is 0 Å². The maximum absolute atomic E-state index is 6.09. The molecule has 0 saturated heterocycles. The summed E-state index contributed by atoms with van der Waals surface area (Å²) in [6.45, 7) is 0. The van der Waals surface area contributed by atoms with Crippen LogP contribution < -0.4 is 10.6 Å². The lowest BCUT2D eigenvalue weighted by molar-refractivity contribution is 1.49. The van der Waals surface area contributed by atoms with Crippen LogP contribution in [0.4, 0.5) is 17.1 Å². The van der Waals surface area contributed by atoms with E-state index < -0.39 is 0 Å². The molecule has 2 nitrogen and oxygen atoms in total. The second-order valence-electron chi connectivity index (χ2n) is 3.58. The van der Waals surface area contributed by atoms with Gasteiger partial charge in [0.25, 0.3) is 0 Å². The molecule has 2 rings (SSSR count). The summed E-state index contributed by atoms with van der Waals surface area (Å²) in [5.41, 5.74) is 2.85. The van der Waals surface area contributed by atoms with Crippen molar-refractivity contribution in [3.8, 4) is 0 Å². The summed E-state index contributed by atoms with van der Waals surface area (Å²) >= 11 is 11.9. The molecule has 2 aromatic carbocycles. The van der Waals surface area contributed by atoms with E-state index in [0.29, 0.717) is 10.0 Å². The van der Waals surface area contributed by atoms with E-state index in [9.17, 15) is 0 Å². The van der Waals surface area contributed by atoms with Crippen LogP contribution in [0.5, 0.6) is 0 Å². The molecule has 0 aliphatic rings. The number of hydrogen-bond donors (Lipinski definition) is 2. The largest absolute Gasteiger partial charge is 0.388 e. The first-order valence-electron chi connectivity index (χ1n) is 5.19. The molecule has 17 heavy (non-hydrogen) atoms. The standard InChI is InChI=1S/C13H12Cl2N2/c1-16-10-3-2-4-11(8-10)17-13-6-5-9(14)7-12(13)15/h2-8,16-17H,1H3. The lowest BCUT2D eigenvalue weighted by atomic mass is 10.2. The van der Waals surface area contributed by atoms with Crippen molar-refractivity contribution >= 4 is 40.3 Å². The van der Waals surface area contributed by atoms with Crippen LogP contribution >= 0.6 is 23.2 Å². The molecule has 0 amide bonds. The quantitative estimate of drug-likeness (QED) is 0.836. The third-order valence-corrected chi connectivity index (χ3v) is 2.91. The molecule has 88 valence electrons. The van der Waals surface area contributed by atoms with Gasteiger partial charge in [0.05, 0.1) is 10.7 Å². The van der Waals surface area contributed by atoms with Gasteiger partial charge in [0.15, 0.2) is 0 Å². The highest BCUT2D eigenvalue weighted by atomic mass is 35.5. The maximum atomic E-state index is 6.09. The lowest BCUT2D eigenvalue weighted by Crippen LogP contribution is -1.93. The fraction of sp³-hybridized carbons (Fsp3) is 0.0769. The Balaban J connectivity index is 2.25. The Morgan fingerprint density at radius 1 is 0.941 bits per heavy atom. The maximum Gasteiger partial charge on any atom is 0.0655 e. The number of halogens is 2. The van der Waals surface area contributed by atoms with Gasteiger partial charge in [0.1, 0.15) is 0 Å². The van der Waals surface area contributed by atoms with Crippen LogP contribution in [0.1, 0.15) is 0 Å². The van der Waals surface area contributed by atoms with Gasteiger partial charge in [-0.25, -0.2) is 0 Å². The monoisotopic (exact) mass is 266 g/mol. The third kappa shape index (κ3) is 3.05. The summed E-state index contributed by atoms with van der Waals surface area (Å²) in [6, 6.07) is 13.3. The van der Waals surface area contributed by atoms with E-state index in [1.807, 2.05) is 37.4 Å². The van der Waals surface area contributed by atoms with Crippen molar-refractivity contribution in [1.82, 2.24) is 0 Å². The van der Waals surface area contributed by atoms with Crippen LogP contribution in [0.25, 0.3) is 0 Å². The summed E-state index contributed by atoms with van der Waals surface area (Å²) in [4.78, 5) is 0. The fourth-order valence-electron chi connectivity index (χ4n) is 1.50. The summed E-state index contributed by atoms with van der Waals surface area (Å²) in [5.74, 6) is 0. The van der Waals surface area contributed by atoms with E-state index in [2.05, 4.69) is 10.6 Å². The van der Waals surface area contributed by atoms with Gasteiger partial charge in [-0.15, -0.1) is 0 Å². The van der Waals surface area contributed by atoms with Gasteiger partial charge in [0, 0.05) is 23.4 Å². The van der Waals surface area contributed by atoms with E-state index in [0.717, 1.165) is 17.1 Å². The molecule has 0 spiro atoms. The highest BCUT2D eigenvalue weighted by Gasteiger charge is 2.01. The minimum Gasteiger partial charge on any atom is -0.388 e. The first-order chi connectivity index (χ1) is 8.19.